The zero-order valence-electron chi connectivity index (χ0n) is 15.1. The van der Waals surface area contributed by atoms with Crippen LogP contribution in [0.2, 0.25) is 0 Å². The second kappa shape index (κ2) is 11.7. The summed E-state index contributed by atoms with van der Waals surface area (Å²) in [4.78, 5) is 17.7. The summed E-state index contributed by atoms with van der Waals surface area (Å²) in [6, 6.07) is 9.91. The first-order chi connectivity index (χ1) is 12.1. The molecule has 142 valence electrons. The molecule has 0 aliphatic carbocycles. The molecule has 8 heteroatoms. The van der Waals surface area contributed by atoms with Crippen LogP contribution < -0.4 is 16.4 Å². The van der Waals surface area contributed by atoms with Crippen molar-refractivity contribution in [2.24, 2.45) is 10.7 Å². The van der Waals surface area contributed by atoms with Gasteiger partial charge in [0.2, 0.25) is 5.91 Å². The summed E-state index contributed by atoms with van der Waals surface area (Å²) < 4.78 is 0. The maximum absolute atomic E-state index is 11.0. The van der Waals surface area contributed by atoms with Gasteiger partial charge in [-0.3, -0.25) is 9.69 Å². The molecule has 0 unspecified atom stereocenters. The second-order valence-electron chi connectivity index (χ2n) is 6.16. The largest absolute Gasteiger partial charge is 0.369 e. The van der Waals surface area contributed by atoms with Crippen LogP contribution in [0.15, 0.2) is 29.3 Å². The molecule has 2 rings (SSSR count). The molecular weight excluding hydrogens is 443 g/mol. The molecule has 1 amide bonds. The van der Waals surface area contributed by atoms with Crippen LogP contribution in [0.25, 0.3) is 0 Å². The number of halogens is 1. The van der Waals surface area contributed by atoms with Crippen LogP contribution in [0.1, 0.15) is 30.9 Å². The normalized spacial score (nSPS) is 15.6. The summed E-state index contributed by atoms with van der Waals surface area (Å²) in [5.74, 6) is 0.518. The van der Waals surface area contributed by atoms with E-state index < -0.39 is 0 Å². The van der Waals surface area contributed by atoms with Gasteiger partial charge in [-0.25, -0.2) is 4.99 Å². The molecule has 0 atom stereocenters. The van der Waals surface area contributed by atoms with E-state index in [9.17, 15) is 4.79 Å². The first kappa shape index (κ1) is 22.2. The average Bonchev–Trinajstić information content (AvgIpc) is 2.61. The highest BCUT2D eigenvalue weighted by molar-refractivity contribution is 14.0. The number of piperidine rings is 1. The van der Waals surface area contributed by atoms with E-state index in [1.807, 2.05) is 19.1 Å². The minimum absolute atomic E-state index is 0. The number of nitrogens with zero attached hydrogens (tertiary/aromatic N) is 3. The summed E-state index contributed by atoms with van der Waals surface area (Å²) in [5, 5.41) is 15.6. The molecule has 1 heterocycles. The Labute approximate surface area is 172 Å². The van der Waals surface area contributed by atoms with Crippen LogP contribution in [0.3, 0.4) is 0 Å². The molecule has 1 aliphatic rings. The quantitative estimate of drug-likeness (QED) is 0.329. The van der Waals surface area contributed by atoms with Gasteiger partial charge in [0.1, 0.15) is 0 Å². The van der Waals surface area contributed by atoms with E-state index in [2.05, 4.69) is 26.6 Å². The summed E-state index contributed by atoms with van der Waals surface area (Å²) in [6.07, 6.45) is 1.91. The van der Waals surface area contributed by atoms with Crippen molar-refractivity contribution in [2.45, 2.75) is 32.4 Å². The minimum Gasteiger partial charge on any atom is -0.369 e. The third-order valence-electron chi connectivity index (χ3n) is 4.15. The average molecular weight is 470 g/mol. The lowest BCUT2D eigenvalue weighted by Gasteiger charge is -2.32. The zero-order valence-corrected chi connectivity index (χ0v) is 17.4. The van der Waals surface area contributed by atoms with Crippen molar-refractivity contribution >= 4 is 35.8 Å². The molecule has 4 N–H and O–H groups in total. The highest BCUT2D eigenvalue weighted by Crippen LogP contribution is 2.10. The smallest absolute Gasteiger partial charge is 0.231 e. The highest BCUT2D eigenvalue weighted by Gasteiger charge is 2.20. The highest BCUT2D eigenvalue weighted by atomic mass is 127. The third-order valence-corrected chi connectivity index (χ3v) is 4.15. The number of rotatable bonds is 6. The number of benzene rings is 1. The van der Waals surface area contributed by atoms with Gasteiger partial charge in [0.05, 0.1) is 24.7 Å². The van der Waals surface area contributed by atoms with Gasteiger partial charge in [-0.15, -0.1) is 24.0 Å². The molecule has 0 aromatic heterocycles. The number of hydrogen-bond donors (Lipinski definition) is 3. The standard InChI is InChI=1S/C18H26N6O.HI/c1-2-21-18(22-12-15-5-3-14(11-19)4-6-15)23-16-7-9-24(10-8-16)13-17(20)25;/h3-6,16H,2,7-10,12-13H2,1H3,(H2,20,25)(H2,21,22,23);1H. The van der Waals surface area contributed by atoms with Crippen LogP contribution in [-0.2, 0) is 11.3 Å². The zero-order chi connectivity index (χ0) is 18.1. The molecule has 1 aliphatic heterocycles. The Hall–Kier alpha value is -1.86. The van der Waals surface area contributed by atoms with Crippen molar-refractivity contribution in [1.29, 1.82) is 5.26 Å². The van der Waals surface area contributed by atoms with Gasteiger partial charge < -0.3 is 16.4 Å². The Morgan fingerprint density at radius 2 is 2.00 bits per heavy atom. The van der Waals surface area contributed by atoms with Crippen LogP contribution in [-0.4, -0.2) is 49.0 Å². The van der Waals surface area contributed by atoms with Gasteiger partial charge in [-0.1, -0.05) is 12.1 Å². The maximum Gasteiger partial charge on any atom is 0.231 e. The predicted molar refractivity (Wildman–Crippen MR) is 113 cm³/mol. The van der Waals surface area contributed by atoms with Crippen molar-refractivity contribution in [2.75, 3.05) is 26.2 Å². The molecule has 1 fully saturated rings. The van der Waals surface area contributed by atoms with Crippen LogP contribution in [0.4, 0.5) is 0 Å². The van der Waals surface area contributed by atoms with E-state index in [-0.39, 0.29) is 29.9 Å². The molecule has 0 saturated carbocycles. The van der Waals surface area contributed by atoms with E-state index in [4.69, 9.17) is 11.0 Å². The first-order valence-electron chi connectivity index (χ1n) is 8.65. The lowest BCUT2D eigenvalue weighted by molar-refractivity contribution is -0.119. The van der Waals surface area contributed by atoms with E-state index in [0.717, 1.165) is 44.0 Å². The molecule has 1 aromatic rings. The Balaban J connectivity index is 0.00000338. The lowest BCUT2D eigenvalue weighted by atomic mass is 10.1. The number of hydrogen-bond acceptors (Lipinski definition) is 4. The van der Waals surface area contributed by atoms with Crippen molar-refractivity contribution in [3.63, 3.8) is 0 Å². The van der Waals surface area contributed by atoms with Gasteiger partial charge in [0.15, 0.2) is 5.96 Å². The van der Waals surface area contributed by atoms with E-state index in [1.54, 1.807) is 12.1 Å². The van der Waals surface area contributed by atoms with E-state index in [1.165, 1.54) is 0 Å². The van der Waals surface area contributed by atoms with Crippen LogP contribution >= 0.6 is 24.0 Å². The molecular formula is C18H27IN6O. The molecule has 7 nitrogen and oxygen atoms in total. The fourth-order valence-electron chi connectivity index (χ4n) is 2.82. The Kier molecular flexibility index (Phi) is 9.98. The number of nitrogens with one attached hydrogen (secondary N) is 2. The number of likely N-dealkylation sites (tertiary alicyclic amines) is 1. The number of aliphatic imine (C=N–C) groups is 1. The van der Waals surface area contributed by atoms with Crippen LogP contribution in [0.5, 0.6) is 0 Å². The second-order valence-corrected chi connectivity index (χ2v) is 6.16. The molecule has 0 bridgehead atoms. The van der Waals surface area contributed by atoms with Crippen molar-refractivity contribution in [3.8, 4) is 6.07 Å². The number of carbonyl (C=O) groups is 1. The predicted octanol–water partition coefficient (Wildman–Crippen LogP) is 1.18. The Bertz CT molecular complexity index is 632. The Morgan fingerprint density at radius 1 is 1.35 bits per heavy atom. The van der Waals surface area contributed by atoms with Crippen molar-refractivity contribution in [1.82, 2.24) is 15.5 Å². The fourth-order valence-corrected chi connectivity index (χ4v) is 2.82. The topological polar surface area (TPSA) is 107 Å². The summed E-state index contributed by atoms with van der Waals surface area (Å²) in [7, 11) is 0. The summed E-state index contributed by atoms with van der Waals surface area (Å²) in [6.45, 7) is 5.43. The number of amides is 1. The lowest BCUT2D eigenvalue weighted by Crippen LogP contribution is -2.49. The van der Waals surface area contributed by atoms with Gasteiger partial charge in [0.25, 0.3) is 0 Å². The fraction of sp³-hybridized carbons (Fsp3) is 0.500. The van der Waals surface area contributed by atoms with Gasteiger partial charge in [-0.05, 0) is 37.5 Å². The molecule has 1 aromatic carbocycles. The SMILES string of the molecule is CCNC(=NCc1ccc(C#N)cc1)NC1CCN(CC(N)=O)CC1.I. The van der Waals surface area contributed by atoms with Gasteiger partial charge in [0, 0.05) is 25.7 Å². The molecule has 1 saturated heterocycles. The van der Waals surface area contributed by atoms with Crippen LogP contribution in [0, 0.1) is 11.3 Å². The minimum atomic E-state index is -0.274. The number of nitrogens with two attached hydrogens (primary N) is 1. The van der Waals surface area contributed by atoms with Gasteiger partial charge >= 0.3 is 0 Å². The number of guanidine groups is 1. The number of nitriles is 1. The first-order valence-corrected chi connectivity index (χ1v) is 8.65. The third kappa shape index (κ3) is 7.58. The number of carbonyl (C=O) groups excluding carboxylic acids is 1. The van der Waals surface area contributed by atoms with E-state index >= 15 is 0 Å². The summed E-state index contributed by atoms with van der Waals surface area (Å²) in [5.41, 5.74) is 6.96. The molecule has 0 radical (unpaired) electrons. The molecule has 0 spiro atoms. The monoisotopic (exact) mass is 470 g/mol. The molecule has 26 heavy (non-hydrogen) atoms. The number of primary amides is 1. The van der Waals surface area contributed by atoms with Gasteiger partial charge in [-0.2, -0.15) is 5.26 Å². The summed E-state index contributed by atoms with van der Waals surface area (Å²) >= 11 is 0. The van der Waals surface area contributed by atoms with Crippen molar-refractivity contribution < 1.29 is 4.79 Å². The van der Waals surface area contributed by atoms with Crippen molar-refractivity contribution in [3.05, 3.63) is 35.4 Å². The maximum atomic E-state index is 11.0. The Morgan fingerprint density at radius 3 is 2.54 bits per heavy atom. The van der Waals surface area contributed by atoms with E-state index in [0.29, 0.717) is 24.7 Å².